The Kier molecular flexibility index (Phi) is 7.02. The number of rotatable bonds is 6. The third-order valence-electron chi connectivity index (χ3n) is 2.54. The summed E-state index contributed by atoms with van der Waals surface area (Å²) < 4.78 is 1.96. The van der Waals surface area contributed by atoms with Crippen LogP contribution in [0.25, 0.3) is 0 Å². The van der Waals surface area contributed by atoms with Gasteiger partial charge in [0.15, 0.2) is 0 Å². The summed E-state index contributed by atoms with van der Waals surface area (Å²) in [4.78, 5) is 13.4. The molecule has 0 aliphatic rings. The van der Waals surface area contributed by atoms with Crippen LogP contribution >= 0.6 is 12.8 Å². The van der Waals surface area contributed by atoms with Crippen LogP contribution in [0.15, 0.2) is 0 Å². The second-order valence-corrected chi connectivity index (χ2v) is 4.97. The summed E-state index contributed by atoms with van der Waals surface area (Å²) in [7, 11) is 1.86. The molecule has 0 aliphatic heterocycles. The van der Waals surface area contributed by atoms with Crippen molar-refractivity contribution in [3.63, 3.8) is 0 Å². The van der Waals surface area contributed by atoms with Crippen molar-refractivity contribution >= 4 is 18.7 Å². The van der Waals surface area contributed by atoms with E-state index in [1.807, 2.05) is 25.2 Å². The maximum atomic E-state index is 11.6. The molecule has 0 bridgehead atoms. The lowest BCUT2D eigenvalue weighted by atomic mass is 10.2. The minimum Gasteiger partial charge on any atom is -0.343 e. The predicted molar refractivity (Wildman–Crippen MR) is 68.0 cm³/mol. The van der Waals surface area contributed by atoms with Gasteiger partial charge in [0.2, 0.25) is 5.91 Å². The molecule has 0 atom stereocenters. The van der Waals surface area contributed by atoms with Crippen LogP contribution in [0.4, 0.5) is 0 Å². The molecule has 0 rings (SSSR count). The van der Waals surface area contributed by atoms with Crippen LogP contribution in [0.1, 0.15) is 40.5 Å². The van der Waals surface area contributed by atoms with E-state index in [9.17, 15) is 4.79 Å². The lowest BCUT2D eigenvalue weighted by Gasteiger charge is -2.23. The molecule has 3 nitrogen and oxygen atoms in total. The molecule has 1 amide bonds. The summed E-state index contributed by atoms with van der Waals surface area (Å²) >= 11 is 4.33. The molecule has 0 aromatic rings. The highest BCUT2D eigenvalue weighted by atomic mass is 32.1. The molecule has 0 unspecified atom stereocenters. The summed E-state index contributed by atoms with van der Waals surface area (Å²) in [5.41, 5.74) is 0. The zero-order chi connectivity index (χ0) is 12.0. The van der Waals surface area contributed by atoms with Crippen molar-refractivity contribution in [1.82, 2.24) is 9.21 Å². The van der Waals surface area contributed by atoms with Crippen molar-refractivity contribution in [3.05, 3.63) is 0 Å². The predicted octanol–water partition coefficient (Wildman–Crippen LogP) is 2.19. The second kappa shape index (κ2) is 7.12. The first kappa shape index (κ1) is 14.8. The molecule has 90 valence electrons. The third-order valence-corrected chi connectivity index (χ3v) is 3.20. The Hall–Kier alpha value is -0.220. The Morgan fingerprint density at radius 3 is 2.13 bits per heavy atom. The second-order valence-electron chi connectivity index (χ2n) is 4.46. The molecular formula is C11H24N2OS. The van der Waals surface area contributed by atoms with Crippen LogP contribution in [0.2, 0.25) is 0 Å². The Bertz CT molecular complexity index is 195. The van der Waals surface area contributed by atoms with Crippen molar-refractivity contribution < 1.29 is 4.79 Å². The molecular weight excluding hydrogens is 208 g/mol. The van der Waals surface area contributed by atoms with Gasteiger partial charge in [-0.2, -0.15) is 0 Å². The Labute approximate surface area is 99.4 Å². The minimum absolute atomic E-state index is 0.218. The highest BCUT2D eigenvalue weighted by Crippen LogP contribution is 2.06. The maximum Gasteiger partial charge on any atom is 0.222 e. The van der Waals surface area contributed by atoms with Gasteiger partial charge >= 0.3 is 0 Å². The Morgan fingerprint density at radius 2 is 1.73 bits per heavy atom. The molecule has 0 aromatic heterocycles. The monoisotopic (exact) mass is 232 g/mol. The maximum absolute atomic E-state index is 11.6. The SMILES string of the molecule is CC(C)N(S)CCCC(=O)N(C)C(C)C. The van der Waals surface area contributed by atoms with E-state index in [1.54, 1.807) is 4.90 Å². The van der Waals surface area contributed by atoms with Crippen molar-refractivity contribution in [1.29, 1.82) is 0 Å². The lowest BCUT2D eigenvalue weighted by molar-refractivity contribution is -0.131. The van der Waals surface area contributed by atoms with E-state index in [4.69, 9.17) is 0 Å². The average Bonchev–Trinajstić information content (AvgIpc) is 2.15. The van der Waals surface area contributed by atoms with E-state index in [1.165, 1.54) is 0 Å². The van der Waals surface area contributed by atoms with Gasteiger partial charge in [0.1, 0.15) is 0 Å². The molecule has 0 radical (unpaired) electrons. The van der Waals surface area contributed by atoms with Gasteiger partial charge in [-0.3, -0.25) is 9.10 Å². The fourth-order valence-corrected chi connectivity index (χ4v) is 1.26. The van der Waals surface area contributed by atoms with Gasteiger partial charge in [-0.25, -0.2) is 0 Å². The number of hydrogen-bond donors (Lipinski definition) is 1. The van der Waals surface area contributed by atoms with E-state index in [-0.39, 0.29) is 11.9 Å². The van der Waals surface area contributed by atoms with E-state index in [0.29, 0.717) is 12.5 Å². The first-order chi connectivity index (χ1) is 6.86. The average molecular weight is 232 g/mol. The van der Waals surface area contributed by atoms with E-state index < -0.39 is 0 Å². The van der Waals surface area contributed by atoms with Crippen LogP contribution in [0.3, 0.4) is 0 Å². The number of carbonyl (C=O) groups is 1. The molecule has 15 heavy (non-hydrogen) atoms. The number of amides is 1. The van der Waals surface area contributed by atoms with Gasteiger partial charge in [0, 0.05) is 32.1 Å². The summed E-state index contributed by atoms with van der Waals surface area (Å²) in [5.74, 6) is 0.218. The first-order valence-corrected chi connectivity index (χ1v) is 5.97. The molecule has 0 aliphatic carbocycles. The summed E-state index contributed by atoms with van der Waals surface area (Å²) in [5, 5.41) is 0. The van der Waals surface area contributed by atoms with Gasteiger partial charge in [-0.15, -0.1) is 0 Å². The van der Waals surface area contributed by atoms with Gasteiger partial charge in [-0.1, -0.05) is 12.8 Å². The molecule has 0 fully saturated rings. The van der Waals surface area contributed by atoms with Gasteiger partial charge < -0.3 is 4.90 Å². The molecule has 4 heteroatoms. The molecule has 0 spiro atoms. The van der Waals surface area contributed by atoms with Crippen LogP contribution in [0.5, 0.6) is 0 Å². The summed E-state index contributed by atoms with van der Waals surface area (Å²) in [6.07, 6.45) is 1.48. The first-order valence-electron chi connectivity index (χ1n) is 5.57. The summed E-state index contributed by atoms with van der Waals surface area (Å²) in [6.45, 7) is 9.09. The van der Waals surface area contributed by atoms with Crippen molar-refractivity contribution in [2.24, 2.45) is 0 Å². The van der Waals surface area contributed by atoms with Crippen LogP contribution in [-0.2, 0) is 4.79 Å². The van der Waals surface area contributed by atoms with Crippen molar-refractivity contribution in [2.75, 3.05) is 13.6 Å². The molecule has 0 heterocycles. The molecule has 0 saturated carbocycles. The quantitative estimate of drug-likeness (QED) is 0.710. The number of nitrogens with zero attached hydrogens (tertiary/aromatic N) is 2. The number of thiol groups is 1. The molecule has 0 saturated heterocycles. The van der Waals surface area contributed by atoms with Crippen molar-refractivity contribution in [3.8, 4) is 0 Å². The highest BCUT2D eigenvalue weighted by molar-refractivity contribution is 7.77. The van der Waals surface area contributed by atoms with Crippen LogP contribution in [-0.4, -0.2) is 40.8 Å². The fourth-order valence-electron chi connectivity index (χ4n) is 1.11. The van der Waals surface area contributed by atoms with Gasteiger partial charge in [-0.05, 0) is 34.1 Å². The third kappa shape index (κ3) is 6.05. The topological polar surface area (TPSA) is 23.6 Å². The van der Waals surface area contributed by atoms with Crippen molar-refractivity contribution in [2.45, 2.75) is 52.6 Å². The van der Waals surface area contributed by atoms with Gasteiger partial charge in [0.25, 0.3) is 0 Å². The van der Waals surface area contributed by atoms with E-state index in [2.05, 4.69) is 26.7 Å². The highest BCUT2D eigenvalue weighted by Gasteiger charge is 2.12. The van der Waals surface area contributed by atoms with Crippen LogP contribution < -0.4 is 0 Å². The van der Waals surface area contributed by atoms with E-state index >= 15 is 0 Å². The lowest BCUT2D eigenvalue weighted by Crippen LogP contribution is -2.33. The van der Waals surface area contributed by atoms with Gasteiger partial charge in [0.05, 0.1) is 0 Å². The zero-order valence-corrected chi connectivity index (χ0v) is 11.4. The van der Waals surface area contributed by atoms with Crippen LogP contribution in [0, 0.1) is 0 Å². The van der Waals surface area contributed by atoms with E-state index in [0.717, 1.165) is 13.0 Å². The number of carbonyl (C=O) groups excluding carboxylic acids is 1. The number of hydrogen-bond acceptors (Lipinski definition) is 3. The zero-order valence-electron chi connectivity index (χ0n) is 10.5. The largest absolute Gasteiger partial charge is 0.343 e. The molecule has 0 aromatic carbocycles. The standard InChI is InChI=1S/C11H24N2OS/c1-9(2)12(5)11(14)7-6-8-13(15)10(3)4/h9-10,15H,6-8H2,1-5H3. The summed E-state index contributed by atoms with van der Waals surface area (Å²) in [6, 6.07) is 0.709. The smallest absolute Gasteiger partial charge is 0.222 e. The normalized spacial score (nSPS) is 11.5. The fraction of sp³-hybridized carbons (Fsp3) is 0.909. The Balaban J connectivity index is 3.73. The minimum atomic E-state index is 0.218. The Morgan fingerprint density at radius 1 is 1.20 bits per heavy atom. The molecule has 0 N–H and O–H groups in total.